The Morgan fingerprint density at radius 3 is 2.89 bits per heavy atom. The SMILES string of the molecule is CCCC(N)CC(=O)Nc1cc(Br)ccc1OC. The van der Waals surface area contributed by atoms with Gasteiger partial charge in [-0.15, -0.1) is 0 Å². The van der Waals surface area contributed by atoms with Crippen molar-refractivity contribution in [2.75, 3.05) is 12.4 Å². The van der Waals surface area contributed by atoms with Crippen LogP contribution in [0, 0.1) is 0 Å². The minimum atomic E-state index is -0.0904. The Morgan fingerprint density at radius 2 is 2.28 bits per heavy atom. The van der Waals surface area contributed by atoms with Crippen LogP contribution in [-0.4, -0.2) is 19.1 Å². The first-order valence-corrected chi connectivity index (χ1v) is 6.75. The van der Waals surface area contributed by atoms with E-state index in [0.717, 1.165) is 17.3 Å². The summed E-state index contributed by atoms with van der Waals surface area (Å²) in [6, 6.07) is 5.37. The van der Waals surface area contributed by atoms with E-state index in [9.17, 15) is 4.79 Å². The lowest BCUT2D eigenvalue weighted by Gasteiger charge is -2.13. The largest absolute Gasteiger partial charge is 0.495 e. The lowest BCUT2D eigenvalue weighted by atomic mass is 10.1. The molecular weight excluding hydrogens is 296 g/mol. The second kappa shape index (κ2) is 7.38. The maximum absolute atomic E-state index is 11.8. The number of methoxy groups -OCH3 is 1. The maximum atomic E-state index is 11.8. The first-order valence-electron chi connectivity index (χ1n) is 5.95. The predicted molar refractivity (Wildman–Crippen MR) is 76.8 cm³/mol. The molecule has 0 aliphatic rings. The number of nitrogens with one attached hydrogen (secondary N) is 1. The minimum Gasteiger partial charge on any atom is -0.495 e. The van der Waals surface area contributed by atoms with E-state index in [2.05, 4.69) is 28.2 Å². The fraction of sp³-hybridized carbons (Fsp3) is 0.462. The molecule has 0 saturated carbocycles. The average molecular weight is 315 g/mol. The first kappa shape index (κ1) is 15.0. The normalized spacial score (nSPS) is 12.0. The van der Waals surface area contributed by atoms with Crippen molar-refractivity contribution in [2.24, 2.45) is 5.73 Å². The Balaban J connectivity index is 2.66. The zero-order valence-electron chi connectivity index (χ0n) is 10.7. The molecule has 1 aromatic carbocycles. The Hall–Kier alpha value is -1.07. The number of hydrogen-bond donors (Lipinski definition) is 2. The minimum absolute atomic E-state index is 0.0897. The molecule has 1 atom stereocenters. The van der Waals surface area contributed by atoms with Crippen LogP contribution >= 0.6 is 15.9 Å². The summed E-state index contributed by atoms with van der Waals surface area (Å²) in [5.41, 5.74) is 6.49. The summed E-state index contributed by atoms with van der Waals surface area (Å²) < 4.78 is 6.07. The van der Waals surface area contributed by atoms with Gasteiger partial charge >= 0.3 is 0 Å². The van der Waals surface area contributed by atoms with Gasteiger partial charge in [0.2, 0.25) is 5.91 Å². The Labute approximate surface area is 116 Å². The standard InChI is InChI=1S/C13H19BrN2O2/c1-3-4-10(15)8-13(17)16-11-7-9(14)5-6-12(11)18-2/h5-7,10H,3-4,8,15H2,1-2H3,(H,16,17). The van der Waals surface area contributed by atoms with Crippen LogP contribution in [0.1, 0.15) is 26.2 Å². The molecule has 0 heterocycles. The molecule has 18 heavy (non-hydrogen) atoms. The molecule has 0 fully saturated rings. The highest BCUT2D eigenvalue weighted by Gasteiger charge is 2.11. The van der Waals surface area contributed by atoms with Crippen LogP contribution in [0.2, 0.25) is 0 Å². The number of rotatable bonds is 6. The molecule has 1 unspecified atom stereocenters. The van der Waals surface area contributed by atoms with Crippen LogP contribution in [0.4, 0.5) is 5.69 Å². The van der Waals surface area contributed by atoms with Crippen molar-refractivity contribution in [2.45, 2.75) is 32.2 Å². The number of carbonyl (C=O) groups excluding carboxylic acids is 1. The summed E-state index contributed by atoms with van der Waals surface area (Å²) in [5.74, 6) is 0.544. The summed E-state index contributed by atoms with van der Waals surface area (Å²) in [4.78, 5) is 11.8. The third kappa shape index (κ3) is 4.66. The van der Waals surface area contributed by atoms with Gasteiger partial charge in [-0.05, 0) is 24.6 Å². The monoisotopic (exact) mass is 314 g/mol. The quantitative estimate of drug-likeness (QED) is 0.848. The van der Waals surface area contributed by atoms with E-state index in [1.807, 2.05) is 12.1 Å². The van der Waals surface area contributed by atoms with Crippen molar-refractivity contribution in [3.05, 3.63) is 22.7 Å². The number of amides is 1. The second-order valence-corrected chi connectivity index (χ2v) is 5.06. The number of nitrogens with two attached hydrogens (primary N) is 1. The maximum Gasteiger partial charge on any atom is 0.226 e. The van der Waals surface area contributed by atoms with Crippen LogP contribution < -0.4 is 15.8 Å². The molecule has 100 valence electrons. The van der Waals surface area contributed by atoms with Crippen molar-refractivity contribution >= 4 is 27.5 Å². The van der Waals surface area contributed by atoms with Crippen molar-refractivity contribution < 1.29 is 9.53 Å². The summed E-state index contributed by atoms with van der Waals surface area (Å²) in [6.45, 7) is 2.05. The summed E-state index contributed by atoms with van der Waals surface area (Å²) >= 11 is 3.36. The van der Waals surface area contributed by atoms with Crippen LogP contribution in [0.5, 0.6) is 5.75 Å². The number of hydrogen-bond acceptors (Lipinski definition) is 3. The lowest BCUT2D eigenvalue weighted by Crippen LogP contribution is -2.27. The molecule has 0 aromatic heterocycles. The van der Waals surface area contributed by atoms with Gasteiger partial charge in [0.25, 0.3) is 0 Å². The molecule has 0 radical (unpaired) electrons. The average Bonchev–Trinajstić information content (AvgIpc) is 2.29. The number of benzene rings is 1. The Bertz CT molecular complexity index is 410. The van der Waals surface area contributed by atoms with Gasteiger partial charge in [-0.1, -0.05) is 29.3 Å². The van der Waals surface area contributed by atoms with E-state index in [4.69, 9.17) is 10.5 Å². The van der Waals surface area contributed by atoms with E-state index >= 15 is 0 Å². The third-order valence-corrected chi connectivity index (χ3v) is 3.04. The van der Waals surface area contributed by atoms with E-state index in [1.165, 1.54) is 0 Å². The van der Waals surface area contributed by atoms with Crippen LogP contribution in [-0.2, 0) is 4.79 Å². The molecule has 0 spiro atoms. The molecule has 0 aliphatic carbocycles. The van der Waals surface area contributed by atoms with E-state index < -0.39 is 0 Å². The van der Waals surface area contributed by atoms with Crippen LogP contribution in [0.15, 0.2) is 22.7 Å². The molecule has 0 bridgehead atoms. The summed E-state index contributed by atoms with van der Waals surface area (Å²) in [6.07, 6.45) is 2.15. The first-order chi connectivity index (χ1) is 8.56. The fourth-order valence-corrected chi connectivity index (χ4v) is 2.05. The van der Waals surface area contributed by atoms with Gasteiger partial charge in [0.1, 0.15) is 5.75 Å². The zero-order chi connectivity index (χ0) is 13.5. The molecule has 3 N–H and O–H groups in total. The molecule has 1 rings (SSSR count). The zero-order valence-corrected chi connectivity index (χ0v) is 12.3. The number of ether oxygens (including phenoxy) is 1. The number of carbonyl (C=O) groups is 1. The van der Waals surface area contributed by atoms with Gasteiger partial charge in [0.05, 0.1) is 12.8 Å². The van der Waals surface area contributed by atoms with Gasteiger partial charge in [-0.25, -0.2) is 0 Å². The number of anilines is 1. The third-order valence-electron chi connectivity index (χ3n) is 2.54. The molecule has 1 amide bonds. The lowest BCUT2D eigenvalue weighted by molar-refractivity contribution is -0.116. The highest BCUT2D eigenvalue weighted by atomic mass is 79.9. The van der Waals surface area contributed by atoms with Crippen molar-refractivity contribution in [3.8, 4) is 5.75 Å². The molecule has 0 saturated heterocycles. The van der Waals surface area contributed by atoms with Crippen LogP contribution in [0.25, 0.3) is 0 Å². The topological polar surface area (TPSA) is 64.4 Å². The van der Waals surface area contributed by atoms with Crippen molar-refractivity contribution in [1.29, 1.82) is 0 Å². The highest BCUT2D eigenvalue weighted by molar-refractivity contribution is 9.10. The van der Waals surface area contributed by atoms with E-state index in [-0.39, 0.29) is 11.9 Å². The van der Waals surface area contributed by atoms with E-state index in [0.29, 0.717) is 17.9 Å². The van der Waals surface area contributed by atoms with Crippen molar-refractivity contribution in [3.63, 3.8) is 0 Å². The fourth-order valence-electron chi connectivity index (χ4n) is 1.69. The highest BCUT2D eigenvalue weighted by Crippen LogP contribution is 2.28. The Kier molecular flexibility index (Phi) is 6.15. The van der Waals surface area contributed by atoms with Gasteiger partial charge in [-0.2, -0.15) is 0 Å². The molecule has 5 heteroatoms. The second-order valence-electron chi connectivity index (χ2n) is 4.15. The van der Waals surface area contributed by atoms with Gasteiger partial charge < -0.3 is 15.8 Å². The van der Waals surface area contributed by atoms with E-state index in [1.54, 1.807) is 13.2 Å². The van der Waals surface area contributed by atoms with Gasteiger partial charge in [0.15, 0.2) is 0 Å². The summed E-state index contributed by atoms with van der Waals surface area (Å²) in [7, 11) is 1.57. The van der Waals surface area contributed by atoms with Crippen molar-refractivity contribution in [1.82, 2.24) is 0 Å². The predicted octanol–water partition coefficient (Wildman–Crippen LogP) is 2.91. The number of halogens is 1. The van der Waals surface area contributed by atoms with Crippen LogP contribution in [0.3, 0.4) is 0 Å². The summed E-state index contributed by atoms with van der Waals surface area (Å²) in [5, 5.41) is 2.82. The molecule has 1 aromatic rings. The molecule has 4 nitrogen and oxygen atoms in total. The van der Waals surface area contributed by atoms with Gasteiger partial charge in [-0.3, -0.25) is 4.79 Å². The van der Waals surface area contributed by atoms with Gasteiger partial charge in [0, 0.05) is 16.9 Å². The molecular formula is C13H19BrN2O2. The smallest absolute Gasteiger partial charge is 0.226 e. The molecule has 0 aliphatic heterocycles. The Morgan fingerprint density at radius 1 is 1.56 bits per heavy atom.